The lowest BCUT2D eigenvalue weighted by Gasteiger charge is -2.06. The van der Waals surface area contributed by atoms with Crippen molar-refractivity contribution in [2.24, 2.45) is 0 Å². The van der Waals surface area contributed by atoms with Crippen molar-refractivity contribution in [3.8, 4) is 0 Å². The summed E-state index contributed by atoms with van der Waals surface area (Å²) in [6.45, 7) is 4.17. The maximum atomic E-state index is 12.3. The van der Waals surface area contributed by atoms with Crippen LogP contribution in [-0.4, -0.2) is 21.1 Å². The second-order valence-electron chi connectivity index (χ2n) is 6.36. The molecule has 0 radical (unpaired) electrons. The van der Waals surface area contributed by atoms with Gasteiger partial charge in [0.25, 0.3) is 0 Å². The summed E-state index contributed by atoms with van der Waals surface area (Å²) < 4.78 is 1.81. The van der Waals surface area contributed by atoms with Crippen LogP contribution in [0.2, 0.25) is 5.02 Å². The fourth-order valence-electron chi connectivity index (χ4n) is 2.78. The summed E-state index contributed by atoms with van der Waals surface area (Å²) in [4.78, 5) is 28.8. The molecular weight excluding hydrogens is 350 g/mol. The van der Waals surface area contributed by atoms with Gasteiger partial charge in [-0.3, -0.25) is 9.59 Å². The van der Waals surface area contributed by atoms with Crippen LogP contribution in [0.1, 0.15) is 40.0 Å². The molecule has 0 aliphatic heterocycles. The van der Waals surface area contributed by atoms with Crippen molar-refractivity contribution in [1.29, 1.82) is 0 Å². The maximum Gasteiger partial charge on any atom is 0.220 e. The zero-order chi connectivity index (χ0) is 18.7. The van der Waals surface area contributed by atoms with Gasteiger partial charge in [-0.05, 0) is 37.6 Å². The summed E-state index contributed by atoms with van der Waals surface area (Å²) >= 11 is 5.95. The number of imidazole rings is 1. The third-order valence-electron chi connectivity index (χ3n) is 4.20. The van der Waals surface area contributed by atoms with Crippen molar-refractivity contribution in [2.45, 2.75) is 33.2 Å². The average Bonchev–Trinajstić information content (AvgIpc) is 3.01. The summed E-state index contributed by atoms with van der Waals surface area (Å²) in [7, 11) is 0. The highest BCUT2D eigenvalue weighted by molar-refractivity contribution is 6.30. The van der Waals surface area contributed by atoms with Gasteiger partial charge in [0.15, 0.2) is 5.78 Å². The van der Waals surface area contributed by atoms with Crippen LogP contribution < -0.4 is 5.32 Å². The quantitative estimate of drug-likeness (QED) is 0.670. The molecule has 0 atom stereocenters. The molecule has 0 aliphatic carbocycles. The molecule has 2 aromatic heterocycles. The first-order valence-corrected chi connectivity index (χ1v) is 8.80. The van der Waals surface area contributed by atoms with Crippen LogP contribution in [0.3, 0.4) is 0 Å². The third-order valence-corrected chi connectivity index (χ3v) is 4.43. The fraction of sp³-hybridized carbons (Fsp3) is 0.250. The number of fused-ring (bicyclic) bond motifs is 1. The average molecular weight is 370 g/mol. The molecule has 3 aromatic rings. The number of nitrogens with one attached hydrogen (secondary N) is 1. The van der Waals surface area contributed by atoms with Gasteiger partial charge in [0.05, 0.1) is 17.3 Å². The van der Waals surface area contributed by atoms with Crippen LogP contribution in [-0.2, 0) is 11.3 Å². The first-order valence-electron chi connectivity index (χ1n) is 8.42. The number of Topliss-reactive ketones (excluding diaryl/α,β-unsaturated/α-hetero) is 1. The van der Waals surface area contributed by atoms with Gasteiger partial charge in [-0.25, -0.2) is 4.98 Å². The molecule has 0 saturated heterocycles. The number of amides is 1. The van der Waals surface area contributed by atoms with Crippen LogP contribution in [0, 0.1) is 13.8 Å². The number of carbonyl (C=O) groups excluding carboxylic acids is 2. The maximum absolute atomic E-state index is 12.3. The highest BCUT2D eigenvalue weighted by atomic mass is 35.5. The van der Waals surface area contributed by atoms with E-state index in [9.17, 15) is 9.59 Å². The number of rotatable bonds is 6. The highest BCUT2D eigenvalue weighted by Crippen LogP contribution is 2.14. The molecule has 5 nitrogen and oxygen atoms in total. The molecule has 0 spiro atoms. The number of benzene rings is 1. The summed E-state index contributed by atoms with van der Waals surface area (Å²) in [6.07, 6.45) is 3.93. The van der Waals surface area contributed by atoms with Crippen LogP contribution >= 0.6 is 11.6 Å². The van der Waals surface area contributed by atoms with E-state index in [1.807, 2.05) is 48.7 Å². The molecule has 1 aromatic carbocycles. The Kier molecular flexibility index (Phi) is 5.38. The highest BCUT2D eigenvalue weighted by Gasteiger charge is 2.12. The predicted molar refractivity (Wildman–Crippen MR) is 102 cm³/mol. The predicted octanol–water partition coefficient (Wildman–Crippen LogP) is 3.88. The number of nitrogens with zero attached hydrogens (tertiary/aromatic N) is 2. The Morgan fingerprint density at radius 3 is 2.73 bits per heavy atom. The minimum atomic E-state index is -0.168. The molecule has 6 heteroatoms. The molecule has 2 heterocycles. The van der Waals surface area contributed by atoms with Crippen LogP contribution in [0.25, 0.3) is 5.65 Å². The van der Waals surface area contributed by atoms with Crippen molar-refractivity contribution in [3.05, 3.63) is 70.1 Å². The number of hydrogen-bond acceptors (Lipinski definition) is 3. The summed E-state index contributed by atoms with van der Waals surface area (Å²) in [5.74, 6) is -0.178. The molecule has 0 unspecified atom stereocenters. The lowest BCUT2D eigenvalue weighted by molar-refractivity contribution is -0.121. The van der Waals surface area contributed by atoms with Gasteiger partial charge in [0, 0.05) is 30.8 Å². The van der Waals surface area contributed by atoms with E-state index in [1.54, 1.807) is 12.3 Å². The van der Waals surface area contributed by atoms with E-state index in [0.717, 1.165) is 22.5 Å². The molecule has 0 bridgehead atoms. The van der Waals surface area contributed by atoms with Crippen LogP contribution in [0.15, 0.2) is 42.7 Å². The van der Waals surface area contributed by atoms with Gasteiger partial charge in [-0.1, -0.05) is 29.3 Å². The normalized spacial score (nSPS) is 10.9. The third kappa shape index (κ3) is 4.29. The SMILES string of the molecule is Cc1ccc(C)c(C(=O)CCC(=O)NCc2cn3cc(Cl)ccc3n2)c1. The number of ketones is 1. The van der Waals surface area contributed by atoms with E-state index in [-0.39, 0.29) is 24.5 Å². The molecular formula is C20H20ClN3O2. The van der Waals surface area contributed by atoms with E-state index < -0.39 is 0 Å². The van der Waals surface area contributed by atoms with E-state index in [4.69, 9.17) is 11.6 Å². The van der Waals surface area contributed by atoms with Crippen molar-refractivity contribution >= 4 is 28.9 Å². The zero-order valence-corrected chi connectivity index (χ0v) is 15.5. The first-order chi connectivity index (χ1) is 12.4. The van der Waals surface area contributed by atoms with Gasteiger partial charge in [0.1, 0.15) is 5.65 Å². The van der Waals surface area contributed by atoms with Crippen molar-refractivity contribution in [1.82, 2.24) is 14.7 Å². The summed E-state index contributed by atoms with van der Waals surface area (Å²) in [5.41, 5.74) is 4.17. The minimum Gasteiger partial charge on any atom is -0.350 e. The Morgan fingerprint density at radius 1 is 1.12 bits per heavy atom. The smallest absolute Gasteiger partial charge is 0.220 e. The lowest BCUT2D eigenvalue weighted by Crippen LogP contribution is -2.23. The standard InChI is InChI=1S/C20H20ClN3O2/c1-13-3-4-14(2)17(9-13)18(25)6-8-20(26)22-10-16-12-24-11-15(21)5-7-19(24)23-16/h3-5,7,9,11-12H,6,8,10H2,1-2H3,(H,22,26). The molecule has 0 aliphatic rings. The van der Waals surface area contributed by atoms with Gasteiger partial charge < -0.3 is 9.72 Å². The van der Waals surface area contributed by atoms with E-state index >= 15 is 0 Å². The second kappa shape index (κ2) is 7.70. The van der Waals surface area contributed by atoms with Gasteiger partial charge in [-0.15, -0.1) is 0 Å². The number of carbonyl (C=O) groups is 2. The first kappa shape index (κ1) is 18.1. The van der Waals surface area contributed by atoms with E-state index in [2.05, 4.69) is 10.3 Å². The molecule has 1 N–H and O–H groups in total. The molecule has 26 heavy (non-hydrogen) atoms. The summed E-state index contributed by atoms with van der Waals surface area (Å²) in [5, 5.41) is 3.43. The van der Waals surface area contributed by atoms with Crippen molar-refractivity contribution < 1.29 is 9.59 Å². The molecule has 0 saturated carbocycles. The number of aryl methyl sites for hydroxylation is 2. The van der Waals surface area contributed by atoms with E-state index in [0.29, 0.717) is 17.1 Å². The molecule has 3 rings (SSSR count). The topological polar surface area (TPSA) is 63.5 Å². The lowest BCUT2D eigenvalue weighted by atomic mass is 9.99. The Hall–Kier alpha value is -2.66. The van der Waals surface area contributed by atoms with Crippen LogP contribution in [0.5, 0.6) is 0 Å². The van der Waals surface area contributed by atoms with Crippen molar-refractivity contribution in [2.75, 3.05) is 0 Å². The second-order valence-corrected chi connectivity index (χ2v) is 6.80. The molecule has 1 amide bonds. The zero-order valence-electron chi connectivity index (χ0n) is 14.8. The Balaban J connectivity index is 1.53. The van der Waals surface area contributed by atoms with Crippen LogP contribution in [0.4, 0.5) is 0 Å². The largest absolute Gasteiger partial charge is 0.350 e. The summed E-state index contributed by atoms with van der Waals surface area (Å²) in [6, 6.07) is 9.36. The Morgan fingerprint density at radius 2 is 1.92 bits per heavy atom. The Labute approximate surface area is 157 Å². The van der Waals surface area contributed by atoms with Gasteiger partial charge >= 0.3 is 0 Å². The number of hydrogen-bond donors (Lipinski definition) is 1. The number of halogens is 1. The molecule has 134 valence electrons. The molecule has 0 fully saturated rings. The van der Waals surface area contributed by atoms with Crippen molar-refractivity contribution in [3.63, 3.8) is 0 Å². The minimum absolute atomic E-state index is 0.0104. The van der Waals surface area contributed by atoms with Gasteiger partial charge in [-0.2, -0.15) is 0 Å². The number of aromatic nitrogens is 2. The monoisotopic (exact) mass is 369 g/mol. The van der Waals surface area contributed by atoms with E-state index in [1.165, 1.54) is 0 Å². The van der Waals surface area contributed by atoms with Gasteiger partial charge in [0.2, 0.25) is 5.91 Å². The number of pyridine rings is 1. The Bertz CT molecular complexity index is 978. The fourth-order valence-corrected chi connectivity index (χ4v) is 2.95.